The Morgan fingerprint density at radius 3 is 2.49 bits per heavy atom. The number of likely N-dealkylation sites (N-methyl/N-ethyl adjacent to an activating group) is 1. The van der Waals surface area contributed by atoms with Crippen molar-refractivity contribution >= 4 is 33.3 Å². The summed E-state index contributed by atoms with van der Waals surface area (Å²) in [7, 11) is 1.85. The van der Waals surface area contributed by atoms with Gasteiger partial charge in [-0.15, -0.1) is 0 Å². The highest BCUT2D eigenvalue weighted by Gasteiger charge is 2.39. The molecule has 2 heterocycles. The van der Waals surface area contributed by atoms with Gasteiger partial charge in [0.25, 0.3) is 5.91 Å². The van der Waals surface area contributed by atoms with Crippen molar-refractivity contribution < 1.29 is 18.7 Å². The van der Waals surface area contributed by atoms with E-state index in [-0.39, 0.29) is 29.7 Å². The lowest BCUT2D eigenvalue weighted by Gasteiger charge is -2.44. The maximum absolute atomic E-state index is 14.0. The maximum atomic E-state index is 14.0. The summed E-state index contributed by atoms with van der Waals surface area (Å²) in [5.74, 6) is 0.170. The van der Waals surface area contributed by atoms with Crippen molar-refractivity contribution in [1.29, 1.82) is 0 Å². The molecule has 3 aromatic carbocycles. The van der Waals surface area contributed by atoms with Gasteiger partial charge in [0, 0.05) is 57.7 Å². The van der Waals surface area contributed by atoms with Crippen LogP contribution in [0.4, 0.5) is 4.39 Å². The van der Waals surface area contributed by atoms with Crippen LogP contribution in [0, 0.1) is 5.82 Å². The predicted octanol–water partition coefficient (Wildman–Crippen LogP) is 5.26. The van der Waals surface area contributed by atoms with Gasteiger partial charge < -0.3 is 19.9 Å². The zero-order valence-corrected chi connectivity index (χ0v) is 25.0. The Labute approximate surface area is 249 Å². The molecule has 0 unspecified atom stereocenters. The first-order chi connectivity index (χ1) is 19.8. The number of carbonyl (C=O) groups excluding carboxylic acids is 2. The average molecular weight is 621 g/mol. The predicted molar refractivity (Wildman–Crippen MR) is 162 cm³/mol. The fourth-order valence-corrected chi connectivity index (χ4v) is 5.97. The molecule has 0 spiro atoms. The number of hydrogen-bond acceptors (Lipinski definition) is 4. The van der Waals surface area contributed by atoms with Crippen LogP contribution in [0.3, 0.4) is 0 Å². The first kappa shape index (κ1) is 29.0. The van der Waals surface area contributed by atoms with Crippen molar-refractivity contribution in [3.8, 4) is 5.75 Å². The third-order valence-electron chi connectivity index (χ3n) is 7.85. The molecule has 0 radical (unpaired) electrons. The van der Waals surface area contributed by atoms with E-state index < -0.39 is 0 Å². The number of amides is 2. The lowest BCUT2D eigenvalue weighted by atomic mass is 9.82. The van der Waals surface area contributed by atoms with Gasteiger partial charge >= 0.3 is 0 Å². The molecule has 0 saturated carbocycles. The third kappa shape index (κ3) is 7.05. The number of piperazine rings is 1. The Bertz CT molecular complexity index is 1430. The summed E-state index contributed by atoms with van der Waals surface area (Å²) >= 11 is 3.40. The minimum absolute atomic E-state index is 0.00423. The van der Waals surface area contributed by atoms with Gasteiger partial charge in [-0.25, -0.2) is 4.39 Å². The second-order valence-electron chi connectivity index (χ2n) is 10.8. The number of benzene rings is 3. The molecule has 3 aromatic rings. The number of rotatable bonds is 9. The molecule has 2 aliphatic heterocycles. The van der Waals surface area contributed by atoms with Gasteiger partial charge in [-0.3, -0.25) is 9.59 Å². The number of ether oxygens (including phenoxy) is 1. The number of hydrogen-bond donors (Lipinski definition) is 1. The van der Waals surface area contributed by atoms with Crippen molar-refractivity contribution in [2.24, 2.45) is 0 Å². The van der Waals surface area contributed by atoms with Gasteiger partial charge in [-0.1, -0.05) is 54.6 Å². The van der Waals surface area contributed by atoms with Crippen molar-refractivity contribution in [3.63, 3.8) is 0 Å². The van der Waals surface area contributed by atoms with Crippen molar-refractivity contribution in [1.82, 2.24) is 15.1 Å². The van der Waals surface area contributed by atoms with Crippen LogP contribution < -0.4 is 10.1 Å². The zero-order valence-electron chi connectivity index (χ0n) is 23.4. The Kier molecular flexibility index (Phi) is 9.20. The minimum Gasteiger partial charge on any atom is -0.492 e. The van der Waals surface area contributed by atoms with Gasteiger partial charge in [0.1, 0.15) is 11.6 Å². The first-order valence-corrected chi connectivity index (χ1v) is 14.8. The Morgan fingerprint density at radius 1 is 1.02 bits per heavy atom. The van der Waals surface area contributed by atoms with Crippen LogP contribution in [0.1, 0.15) is 30.0 Å². The maximum Gasteiger partial charge on any atom is 0.251 e. The summed E-state index contributed by atoms with van der Waals surface area (Å²) < 4.78 is 20.1. The average Bonchev–Trinajstić information content (AvgIpc) is 2.97. The number of carbonyl (C=O) groups is 2. The molecule has 1 N–H and O–H groups in total. The topological polar surface area (TPSA) is 61.9 Å². The molecule has 1 saturated heterocycles. The van der Waals surface area contributed by atoms with Crippen LogP contribution in [0.5, 0.6) is 5.75 Å². The molecular weight excluding hydrogens is 585 g/mol. The quantitative estimate of drug-likeness (QED) is 0.355. The number of nitrogens with one attached hydrogen (secondary N) is 1. The summed E-state index contributed by atoms with van der Waals surface area (Å²) in [6, 6.07) is 22.7. The molecule has 214 valence electrons. The number of fused-ring (bicyclic) bond motifs is 2. The van der Waals surface area contributed by atoms with E-state index in [9.17, 15) is 14.0 Å². The normalized spacial score (nSPS) is 18.3. The van der Waals surface area contributed by atoms with Crippen LogP contribution >= 0.6 is 15.9 Å². The monoisotopic (exact) mass is 619 g/mol. The molecular formula is C33H35BrFN3O3. The van der Waals surface area contributed by atoms with Crippen molar-refractivity contribution in [3.05, 3.63) is 105 Å². The van der Waals surface area contributed by atoms with Gasteiger partial charge in [0.05, 0.1) is 17.1 Å². The molecule has 8 heteroatoms. The van der Waals surface area contributed by atoms with E-state index in [1.165, 1.54) is 17.7 Å². The molecule has 6 nitrogen and oxygen atoms in total. The van der Waals surface area contributed by atoms with E-state index in [4.69, 9.17) is 4.74 Å². The summed E-state index contributed by atoms with van der Waals surface area (Å²) in [6.07, 6.45) is 2.11. The smallest absolute Gasteiger partial charge is 0.251 e. The molecule has 41 heavy (non-hydrogen) atoms. The lowest BCUT2D eigenvalue weighted by molar-refractivity contribution is -0.132. The second kappa shape index (κ2) is 13.0. The largest absolute Gasteiger partial charge is 0.492 e. The van der Waals surface area contributed by atoms with Gasteiger partial charge in [0.2, 0.25) is 5.91 Å². The van der Waals surface area contributed by atoms with E-state index in [1.54, 1.807) is 17.9 Å². The number of halogens is 2. The second-order valence-corrected chi connectivity index (χ2v) is 11.6. The summed E-state index contributed by atoms with van der Waals surface area (Å²) in [4.78, 5) is 29.9. The van der Waals surface area contributed by atoms with Crippen molar-refractivity contribution in [2.75, 3.05) is 33.3 Å². The Morgan fingerprint density at radius 2 is 1.76 bits per heavy atom. The molecule has 5 rings (SSSR count). The van der Waals surface area contributed by atoms with E-state index in [2.05, 4.69) is 57.6 Å². The summed E-state index contributed by atoms with van der Waals surface area (Å²) in [5, 5.41) is 3.61. The van der Waals surface area contributed by atoms with E-state index >= 15 is 0 Å². The van der Waals surface area contributed by atoms with Crippen LogP contribution in [-0.2, 0) is 22.4 Å². The van der Waals surface area contributed by atoms with Gasteiger partial charge in [0.15, 0.2) is 0 Å². The van der Waals surface area contributed by atoms with Crippen LogP contribution in [0.25, 0.3) is 5.57 Å². The standard InChI is InChI=1S/C33H35BrFN3O3/c1-22(39)38-20-27-19-28(25-10-8-24(9-11-25)15-17-41-31-18-26(35)12-13-29(31)34)32(30(21-38)36-27)33(40)37(2)16-14-23-6-4-3-5-7-23/h3-13,18,27,30,36H,14-17,19-21H2,1-2H3/t27-,30-/m1/s1. The summed E-state index contributed by atoms with van der Waals surface area (Å²) in [6.45, 7) is 3.72. The Balaban J connectivity index is 1.34. The van der Waals surface area contributed by atoms with Crippen LogP contribution in [0.2, 0.25) is 0 Å². The minimum atomic E-state index is -0.338. The van der Waals surface area contributed by atoms with Gasteiger partial charge in [-0.2, -0.15) is 0 Å². The van der Waals surface area contributed by atoms with E-state index in [0.29, 0.717) is 49.3 Å². The fraction of sp³-hybridized carbons (Fsp3) is 0.333. The van der Waals surface area contributed by atoms with E-state index in [0.717, 1.165) is 28.7 Å². The molecule has 2 aliphatic rings. The Hall–Kier alpha value is -3.49. The highest BCUT2D eigenvalue weighted by atomic mass is 79.9. The van der Waals surface area contributed by atoms with Gasteiger partial charge in [-0.05, 0) is 63.2 Å². The lowest BCUT2D eigenvalue weighted by Crippen LogP contribution is -2.61. The fourth-order valence-electron chi connectivity index (χ4n) is 5.61. The van der Waals surface area contributed by atoms with Crippen molar-refractivity contribution in [2.45, 2.75) is 38.3 Å². The summed E-state index contributed by atoms with van der Waals surface area (Å²) in [5.41, 5.74) is 5.09. The number of nitrogens with zero attached hydrogens (tertiary/aromatic N) is 2. The zero-order chi connectivity index (χ0) is 28.9. The molecule has 2 atom stereocenters. The third-order valence-corrected chi connectivity index (χ3v) is 8.50. The molecule has 0 aromatic heterocycles. The molecule has 2 amide bonds. The van der Waals surface area contributed by atoms with Crippen LogP contribution in [0.15, 0.2) is 82.8 Å². The molecule has 0 aliphatic carbocycles. The van der Waals surface area contributed by atoms with E-state index in [1.807, 2.05) is 30.1 Å². The molecule has 2 bridgehead atoms. The van der Waals surface area contributed by atoms with Crippen LogP contribution in [-0.4, -0.2) is 67.0 Å². The highest BCUT2D eigenvalue weighted by Crippen LogP contribution is 2.34. The first-order valence-electron chi connectivity index (χ1n) is 14.0. The molecule has 1 fully saturated rings. The SMILES string of the molecule is CC(=O)N1C[C@H]2CC(c3ccc(CCOc4cc(F)ccc4Br)cc3)=C(C(=O)N(C)CCc3ccccc3)[C@@H](C1)N2. The highest BCUT2D eigenvalue weighted by molar-refractivity contribution is 9.10.